The molecule has 0 radical (unpaired) electrons. The van der Waals surface area contributed by atoms with Crippen LogP contribution in [0.15, 0.2) is 43.1 Å². The van der Waals surface area contributed by atoms with Gasteiger partial charge in [-0.25, -0.2) is 23.7 Å². The van der Waals surface area contributed by atoms with Gasteiger partial charge >= 0.3 is 0 Å². The van der Waals surface area contributed by atoms with Crippen molar-refractivity contribution in [3.8, 4) is 11.3 Å². The summed E-state index contributed by atoms with van der Waals surface area (Å²) in [7, 11) is 0. The van der Waals surface area contributed by atoms with Gasteiger partial charge in [0.15, 0.2) is 0 Å². The SMILES string of the molecule is Nc1cnc(-c2cnc(NC[C@]3(c4ncccc4F)C[C@H](F)C3)nc2)cn1. The minimum absolute atomic E-state index is 0.215. The van der Waals surface area contributed by atoms with E-state index in [9.17, 15) is 8.78 Å². The van der Waals surface area contributed by atoms with Crippen LogP contribution in [0.2, 0.25) is 0 Å². The van der Waals surface area contributed by atoms with Crippen molar-refractivity contribution in [2.24, 2.45) is 0 Å². The summed E-state index contributed by atoms with van der Waals surface area (Å²) in [4.78, 5) is 20.8. The molecule has 0 atom stereocenters. The van der Waals surface area contributed by atoms with E-state index in [0.717, 1.165) is 0 Å². The number of hydrogen-bond donors (Lipinski definition) is 2. The van der Waals surface area contributed by atoms with Crippen LogP contribution in [0.4, 0.5) is 20.5 Å². The van der Waals surface area contributed by atoms with Crippen LogP contribution in [0.25, 0.3) is 11.3 Å². The number of anilines is 2. The molecule has 3 N–H and O–H groups in total. The molecule has 0 aromatic carbocycles. The number of pyridine rings is 1. The molecule has 3 heterocycles. The van der Waals surface area contributed by atoms with E-state index in [1.165, 1.54) is 30.7 Å². The summed E-state index contributed by atoms with van der Waals surface area (Å²) >= 11 is 0. The van der Waals surface area contributed by atoms with Crippen molar-refractivity contribution >= 4 is 11.8 Å². The van der Waals surface area contributed by atoms with Crippen molar-refractivity contribution in [3.63, 3.8) is 0 Å². The van der Waals surface area contributed by atoms with Gasteiger partial charge in [0.1, 0.15) is 17.8 Å². The molecule has 27 heavy (non-hydrogen) atoms. The van der Waals surface area contributed by atoms with Crippen LogP contribution in [-0.4, -0.2) is 37.6 Å². The van der Waals surface area contributed by atoms with E-state index in [1.54, 1.807) is 12.4 Å². The normalized spacial score (nSPS) is 21.5. The van der Waals surface area contributed by atoms with Gasteiger partial charge in [-0.3, -0.25) is 9.97 Å². The van der Waals surface area contributed by atoms with Gasteiger partial charge in [0, 0.05) is 36.1 Å². The summed E-state index contributed by atoms with van der Waals surface area (Å²) < 4.78 is 27.8. The fourth-order valence-electron chi connectivity index (χ4n) is 3.27. The summed E-state index contributed by atoms with van der Waals surface area (Å²) in [5.41, 5.74) is 6.39. The molecule has 138 valence electrons. The lowest BCUT2D eigenvalue weighted by atomic mass is 9.65. The maximum Gasteiger partial charge on any atom is 0.222 e. The molecule has 0 saturated heterocycles. The van der Waals surface area contributed by atoms with E-state index >= 15 is 0 Å². The molecule has 0 spiro atoms. The Labute approximate surface area is 154 Å². The standard InChI is InChI=1S/C18H17F2N7/c19-12-4-18(5-12,16-13(20)2-1-3-22-16)10-27-17-25-6-11(7-26-17)14-8-24-15(21)9-23-14/h1-3,6-9,12H,4-5,10H2,(H2,21,24)(H,25,26,27)/t12-,18-. The highest BCUT2D eigenvalue weighted by atomic mass is 19.1. The summed E-state index contributed by atoms with van der Waals surface area (Å²) in [5, 5.41) is 3.07. The van der Waals surface area contributed by atoms with Gasteiger partial charge < -0.3 is 11.1 Å². The maximum absolute atomic E-state index is 14.2. The molecule has 0 aliphatic heterocycles. The van der Waals surface area contributed by atoms with Crippen LogP contribution < -0.4 is 11.1 Å². The quantitative estimate of drug-likeness (QED) is 0.712. The molecule has 1 fully saturated rings. The first-order valence-electron chi connectivity index (χ1n) is 8.45. The number of alkyl halides is 1. The molecule has 9 heteroatoms. The van der Waals surface area contributed by atoms with Gasteiger partial charge in [-0.2, -0.15) is 0 Å². The average Bonchev–Trinajstić information content (AvgIpc) is 2.66. The molecule has 0 bridgehead atoms. The van der Waals surface area contributed by atoms with E-state index in [4.69, 9.17) is 5.73 Å². The molecule has 0 unspecified atom stereocenters. The molecule has 3 aromatic heterocycles. The third-order valence-corrected chi connectivity index (χ3v) is 4.69. The Morgan fingerprint density at radius 1 is 1.07 bits per heavy atom. The second-order valence-corrected chi connectivity index (χ2v) is 6.60. The Morgan fingerprint density at radius 3 is 2.48 bits per heavy atom. The van der Waals surface area contributed by atoms with Crippen molar-refractivity contribution in [1.82, 2.24) is 24.9 Å². The average molecular weight is 369 g/mol. The van der Waals surface area contributed by atoms with E-state index in [-0.39, 0.29) is 18.5 Å². The predicted molar refractivity (Wildman–Crippen MR) is 96.0 cm³/mol. The van der Waals surface area contributed by atoms with Crippen LogP contribution in [0, 0.1) is 5.82 Å². The molecular formula is C18H17F2N7. The van der Waals surface area contributed by atoms with Gasteiger partial charge in [-0.1, -0.05) is 0 Å². The van der Waals surface area contributed by atoms with Gasteiger partial charge in [-0.15, -0.1) is 0 Å². The molecule has 7 nitrogen and oxygen atoms in total. The second kappa shape index (κ2) is 6.82. The van der Waals surface area contributed by atoms with E-state index < -0.39 is 17.4 Å². The molecule has 1 aliphatic carbocycles. The van der Waals surface area contributed by atoms with E-state index in [0.29, 0.717) is 29.6 Å². The Kier molecular flexibility index (Phi) is 4.35. The van der Waals surface area contributed by atoms with Gasteiger partial charge in [0.25, 0.3) is 0 Å². The largest absolute Gasteiger partial charge is 0.382 e. The Morgan fingerprint density at radius 2 is 1.85 bits per heavy atom. The number of nitrogens with two attached hydrogens (primary N) is 1. The Hall–Kier alpha value is -3.23. The van der Waals surface area contributed by atoms with Crippen molar-refractivity contribution < 1.29 is 8.78 Å². The van der Waals surface area contributed by atoms with Crippen LogP contribution in [-0.2, 0) is 5.41 Å². The predicted octanol–water partition coefficient (Wildman–Crippen LogP) is 2.53. The first kappa shape index (κ1) is 17.2. The third-order valence-electron chi connectivity index (χ3n) is 4.69. The van der Waals surface area contributed by atoms with Crippen molar-refractivity contribution in [3.05, 3.63) is 54.6 Å². The van der Waals surface area contributed by atoms with Crippen molar-refractivity contribution in [1.29, 1.82) is 0 Å². The zero-order valence-electron chi connectivity index (χ0n) is 14.3. The van der Waals surface area contributed by atoms with E-state index in [1.807, 2.05) is 0 Å². The molecule has 1 aliphatic rings. The number of hydrogen-bond acceptors (Lipinski definition) is 7. The third kappa shape index (κ3) is 3.40. The minimum Gasteiger partial charge on any atom is -0.382 e. The molecular weight excluding hydrogens is 352 g/mol. The smallest absolute Gasteiger partial charge is 0.222 e. The zero-order valence-corrected chi connectivity index (χ0v) is 14.3. The van der Waals surface area contributed by atoms with Crippen molar-refractivity contribution in [2.45, 2.75) is 24.4 Å². The summed E-state index contributed by atoms with van der Waals surface area (Å²) in [6, 6.07) is 2.86. The number of nitrogen functional groups attached to an aromatic ring is 1. The number of nitrogens with one attached hydrogen (secondary N) is 1. The lowest BCUT2D eigenvalue weighted by Crippen LogP contribution is -2.49. The molecule has 0 amide bonds. The van der Waals surface area contributed by atoms with Gasteiger partial charge in [0.2, 0.25) is 5.95 Å². The fourth-order valence-corrected chi connectivity index (χ4v) is 3.27. The first-order valence-corrected chi connectivity index (χ1v) is 8.45. The highest BCUT2D eigenvalue weighted by Gasteiger charge is 2.48. The zero-order chi connectivity index (χ0) is 18.9. The minimum atomic E-state index is -0.958. The lowest BCUT2D eigenvalue weighted by Gasteiger charge is -2.43. The highest BCUT2D eigenvalue weighted by Crippen LogP contribution is 2.45. The van der Waals surface area contributed by atoms with Gasteiger partial charge in [-0.05, 0) is 25.0 Å². The van der Waals surface area contributed by atoms with Crippen LogP contribution >= 0.6 is 0 Å². The Balaban J connectivity index is 1.49. The fraction of sp³-hybridized carbons (Fsp3) is 0.278. The topological polar surface area (TPSA) is 102 Å². The molecule has 3 aromatic rings. The Bertz CT molecular complexity index is 925. The first-order chi connectivity index (χ1) is 13.1. The number of aromatic nitrogens is 5. The van der Waals surface area contributed by atoms with E-state index in [2.05, 4.69) is 30.2 Å². The number of rotatable bonds is 5. The molecule has 4 rings (SSSR count). The maximum atomic E-state index is 14.2. The lowest BCUT2D eigenvalue weighted by molar-refractivity contribution is 0.0963. The second-order valence-electron chi connectivity index (χ2n) is 6.60. The summed E-state index contributed by atoms with van der Waals surface area (Å²) in [6.07, 6.45) is 7.18. The number of nitrogens with zero attached hydrogens (tertiary/aromatic N) is 5. The number of halogens is 2. The summed E-state index contributed by atoms with van der Waals surface area (Å²) in [6.45, 7) is 0.294. The van der Waals surface area contributed by atoms with Gasteiger partial charge in [0.05, 0.1) is 23.8 Å². The highest BCUT2D eigenvalue weighted by molar-refractivity contribution is 5.56. The summed E-state index contributed by atoms with van der Waals surface area (Å²) in [5.74, 6) is 0.265. The molecule has 1 saturated carbocycles. The monoisotopic (exact) mass is 369 g/mol. The van der Waals surface area contributed by atoms with Crippen LogP contribution in [0.3, 0.4) is 0 Å². The van der Waals surface area contributed by atoms with Crippen molar-refractivity contribution in [2.75, 3.05) is 17.6 Å². The van der Waals surface area contributed by atoms with Crippen LogP contribution in [0.1, 0.15) is 18.5 Å². The van der Waals surface area contributed by atoms with Crippen LogP contribution in [0.5, 0.6) is 0 Å².